The number of quaternary nitrogens is 2. The standard InChI is InChI=1S/C12H30N2/c1-11(2)13(5,6)9-10-14(7,8)12(3)4/h11-12H,9-10H2,1-8H3/q+2. The van der Waals surface area contributed by atoms with E-state index in [0.29, 0.717) is 12.1 Å². The summed E-state index contributed by atoms with van der Waals surface area (Å²) >= 11 is 0. The maximum absolute atomic E-state index is 2.32. The fourth-order valence-corrected chi connectivity index (χ4v) is 1.03. The Morgan fingerprint density at radius 1 is 0.643 bits per heavy atom. The van der Waals surface area contributed by atoms with E-state index in [1.807, 2.05) is 0 Å². The lowest BCUT2D eigenvalue weighted by Gasteiger charge is -2.40. The van der Waals surface area contributed by atoms with Crippen LogP contribution >= 0.6 is 0 Å². The van der Waals surface area contributed by atoms with Gasteiger partial charge in [-0.25, -0.2) is 0 Å². The van der Waals surface area contributed by atoms with Crippen LogP contribution in [-0.4, -0.2) is 62.3 Å². The van der Waals surface area contributed by atoms with Crippen LogP contribution in [0.3, 0.4) is 0 Å². The maximum atomic E-state index is 2.32. The van der Waals surface area contributed by atoms with E-state index in [1.165, 1.54) is 13.1 Å². The van der Waals surface area contributed by atoms with E-state index in [1.54, 1.807) is 0 Å². The van der Waals surface area contributed by atoms with Gasteiger partial charge in [-0.1, -0.05) is 0 Å². The molecule has 0 aliphatic rings. The molecule has 0 rings (SSSR count). The van der Waals surface area contributed by atoms with Crippen molar-refractivity contribution >= 4 is 0 Å². The highest BCUT2D eigenvalue weighted by molar-refractivity contribution is 4.44. The molecule has 0 N–H and O–H groups in total. The summed E-state index contributed by atoms with van der Waals surface area (Å²) in [7, 11) is 9.30. The first-order valence-electron chi connectivity index (χ1n) is 5.75. The van der Waals surface area contributed by atoms with Gasteiger partial charge in [0, 0.05) is 0 Å². The molecule has 0 aliphatic heterocycles. The summed E-state index contributed by atoms with van der Waals surface area (Å²) in [6.07, 6.45) is 0. The average molecular weight is 202 g/mol. The highest BCUT2D eigenvalue weighted by atomic mass is 15.4. The molecule has 0 fully saturated rings. The zero-order chi connectivity index (χ0) is 11.6. The van der Waals surface area contributed by atoms with Gasteiger partial charge < -0.3 is 8.97 Å². The minimum atomic E-state index is 0.710. The summed E-state index contributed by atoms with van der Waals surface area (Å²) in [4.78, 5) is 0. The zero-order valence-electron chi connectivity index (χ0n) is 11.5. The fraction of sp³-hybridized carbons (Fsp3) is 1.00. The summed E-state index contributed by atoms with van der Waals surface area (Å²) < 4.78 is 2.24. The van der Waals surface area contributed by atoms with Crippen molar-refractivity contribution in [2.75, 3.05) is 41.3 Å². The quantitative estimate of drug-likeness (QED) is 0.598. The van der Waals surface area contributed by atoms with Gasteiger partial charge in [-0.05, 0) is 27.7 Å². The van der Waals surface area contributed by atoms with E-state index in [-0.39, 0.29) is 0 Å². The number of nitrogens with zero attached hydrogens (tertiary/aromatic N) is 2. The van der Waals surface area contributed by atoms with Crippen molar-refractivity contribution in [1.29, 1.82) is 0 Å². The molecule has 0 unspecified atom stereocenters. The molecule has 0 spiro atoms. The summed E-state index contributed by atoms with van der Waals surface area (Å²) in [5, 5.41) is 0. The van der Waals surface area contributed by atoms with Crippen LogP contribution in [0.2, 0.25) is 0 Å². The van der Waals surface area contributed by atoms with Crippen LogP contribution in [0.5, 0.6) is 0 Å². The van der Waals surface area contributed by atoms with Gasteiger partial charge in [-0.15, -0.1) is 0 Å². The molecular formula is C12H30N2+2. The summed E-state index contributed by atoms with van der Waals surface area (Å²) in [5.74, 6) is 0. The van der Waals surface area contributed by atoms with E-state index < -0.39 is 0 Å². The van der Waals surface area contributed by atoms with Crippen LogP contribution in [0, 0.1) is 0 Å². The second-order valence-corrected chi connectivity index (χ2v) is 6.19. The van der Waals surface area contributed by atoms with Crippen molar-refractivity contribution in [3.8, 4) is 0 Å². The second kappa shape index (κ2) is 4.63. The van der Waals surface area contributed by atoms with Crippen molar-refractivity contribution < 1.29 is 8.97 Å². The lowest BCUT2D eigenvalue weighted by Crippen LogP contribution is -2.55. The predicted molar refractivity (Wildman–Crippen MR) is 64.2 cm³/mol. The zero-order valence-corrected chi connectivity index (χ0v) is 11.5. The molecular weight excluding hydrogens is 172 g/mol. The first-order valence-corrected chi connectivity index (χ1v) is 5.75. The molecule has 2 nitrogen and oxygen atoms in total. The van der Waals surface area contributed by atoms with E-state index in [4.69, 9.17) is 0 Å². The summed E-state index contributed by atoms with van der Waals surface area (Å²) in [6, 6.07) is 1.42. The van der Waals surface area contributed by atoms with Crippen LogP contribution in [0.15, 0.2) is 0 Å². The van der Waals surface area contributed by atoms with Crippen LogP contribution in [0.4, 0.5) is 0 Å². The van der Waals surface area contributed by atoms with E-state index in [9.17, 15) is 0 Å². The van der Waals surface area contributed by atoms with Gasteiger partial charge in [0.15, 0.2) is 0 Å². The molecule has 0 saturated heterocycles. The molecule has 0 bridgehead atoms. The molecule has 0 atom stereocenters. The summed E-state index contributed by atoms with van der Waals surface area (Å²) in [6.45, 7) is 11.7. The van der Waals surface area contributed by atoms with Crippen molar-refractivity contribution in [3.05, 3.63) is 0 Å². The van der Waals surface area contributed by atoms with Crippen molar-refractivity contribution in [1.82, 2.24) is 0 Å². The lowest BCUT2D eigenvalue weighted by molar-refractivity contribution is -0.965. The van der Waals surface area contributed by atoms with Gasteiger partial charge in [0.05, 0.1) is 40.3 Å². The Balaban J connectivity index is 4.18. The highest BCUT2D eigenvalue weighted by Gasteiger charge is 2.26. The molecule has 0 aliphatic carbocycles. The van der Waals surface area contributed by atoms with Crippen molar-refractivity contribution in [2.45, 2.75) is 39.8 Å². The Labute approximate surface area is 90.7 Å². The maximum Gasteiger partial charge on any atom is 0.128 e. The lowest BCUT2D eigenvalue weighted by atomic mass is 10.2. The first kappa shape index (κ1) is 13.9. The van der Waals surface area contributed by atoms with E-state index in [0.717, 1.165) is 8.97 Å². The molecule has 14 heavy (non-hydrogen) atoms. The summed E-state index contributed by atoms with van der Waals surface area (Å²) in [5.41, 5.74) is 0. The number of hydrogen-bond acceptors (Lipinski definition) is 0. The normalized spacial score (nSPS) is 14.1. The predicted octanol–water partition coefficient (Wildman–Crippen LogP) is 1.96. The third-order valence-corrected chi connectivity index (χ3v) is 4.05. The Hall–Kier alpha value is -0.0800. The third-order valence-electron chi connectivity index (χ3n) is 4.05. The first-order chi connectivity index (χ1) is 6.09. The van der Waals surface area contributed by atoms with Gasteiger partial charge in [-0.3, -0.25) is 0 Å². The van der Waals surface area contributed by atoms with Gasteiger partial charge in [0.1, 0.15) is 13.1 Å². The molecule has 0 saturated carbocycles. The van der Waals surface area contributed by atoms with Crippen LogP contribution in [0.25, 0.3) is 0 Å². The molecule has 86 valence electrons. The van der Waals surface area contributed by atoms with Crippen molar-refractivity contribution in [2.24, 2.45) is 0 Å². The molecule has 0 amide bonds. The Morgan fingerprint density at radius 2 is 0.857 bits per heavy atom. The molecule has 0 heterocycles. The third kappa shape index (κ3) is 3.97. The molecule has 0 radical (unpaired) electrons. The van der Waals surface area contributed by atoms with Gasteiger partial charge in [0.2, 0.25) is 0 Å². The number of likely N-dealkylation sites (N-methyl/N-ethyl adjacent to an activating group) is 2. The van der Waals surface area contributed by atoms with E-state index >= 15 is 0 Å². The van der Waals surface area contributed by atoms with Gasteiger partial charge in [0.25, 0.3) is 0 Å². The van der Waals surface area contributed by atoms with Gasteiger partial charge >= 0.3 is 0 Å². The minimum Gasteiger partial charge on any atom is -0.322 e. The highest BCUT2D eigenvalue weighted by Crippen LogP contribution is 2.10. The SMILES string of the molecule is CC(C)[N+](C)(C)CC[N+](C)(C)C(C)C. The Kier molecular flexibility index (Phi) is 4.60. The minimum absolute atomic E-state index is 0.710. The van der Waals surface area contributed by atoms with E-state index in [2.05, 4.69) is 55.9 Å². The largest absolute Gasteiger partial charge is 0.322 e. The second-order valence-electron chi connectivity index (χ2n) is 6.19. The number of rotatable bonds is 5. The van der Waals surface area contributed by atoms with Crippen LogP contribution in [0.1, 0.15) is 27.7 Å². The van der Waals surface area contributed by atoms with Gasteiger partial charge in [-0.2, -0.15) is 0 Å². The number of hydrogen-bond donors (Lipinski definition) is 0. The molecule has 0 aromatic carbocycles. The monoisotopic (exact) mass is 202 g/mol. The average Bonchev–Trinajstić information content (AvgIpc) is 2.01. The van der Waals surface area contributed by atoms with Crippen molar-refractivity contribution in [3.63, 3.8) is 0 Å². The molecule has 0 aromatic heterocycles. The molecule has 0 aromatic rings. The Bertz CT molecular complexity index is 149. The van der Waals surface area contributed by atoms with Crippen LogP contribution < -0.4 is 0 Å². The topological polar surface area (TPSA) is 0 Å². The van der Waals surface area contributed by atoms with Crippen LogP contribution in [-0.2, 0) is 0 Å². The molecule has 2 heteroatoms. The smallest absolute Gasteiger partial charge is 0.128 e. The fourth-order valence-electron chi connectivity index (χ4n) is 1.03. The Morgan fingerprint density at radius 3 is 1.00 bits per heavy atom.